The summed E-state index contributed by atoms with van der Waals surface area (Å²) in [6, 6.07) is 1.45. The number of hydrogen-bond donors (Lipinski definition) is 7. The minimum Gasteiger partial charge on any atom is -1.00 e. The summed E-state index contributed by atoms with van der Waals surface area (Å²) in [4.78, 5) is 36.6. The summed E-state index contributed by atoms with van der Waals surface area (Å²) in [5, 5.41) is 28.2. The first-order valence-corrected chi connectivity index (χ1v) is 7.83. The van der Waals surface area contributed by atoms with E-state index in [9.17, 15) is 15.0 Å². The minimum absolute atomic E-state index is 0. The molecule has 1 aliphatic heterocycles. The number of nitrogens with zero attached hydrogens (tertiary/aromatic N) is 2. The van der Waals surface area contributed by atoms with Crippen molar-refractivity contribution in [1.29, 1.82) is 0 Å². The molecule has 0 spiro atoms. The van der Waals surface area contributed by atoms with Gasteiger partial charge in [0.15, 0.2) is 0 Å². The van der Waals surface area contributed by atoms with Gasteiger partial charge in [-0.15, -0.1) is 0 Å². The zero-order valence-corrected chi connectivity index (χ0v) is 15.6. The summed E-state index contributed by atoms with van der Waals surface area (Å²) in [5.74, 6) is 0.109. The van der Waals surface area contributed by atoms with Crippen molar-refractivity contribution < 1.29 is 70.3 Å². The fraction of sp³-hybridized carbons (Fsp3) is 0.600. The van der Waals surface area contributed by atoms with Crippen LogP contribution >= 0.6 is 7.82 Å². The predicted octanol–water partition coefficient (Wildman–Crippen LogP) is -6.51. The minimum atomic E-state index is -4.64. The quantitative estimate of drug-likeness (QED) is 0.194. The molecule has 4 atom stereocenters. The molecule has 2 heterocycles. The van der Waals surface area contributed by atoms with Gasteiger partial charge in [0.25, 0.3) is 0 Å². The summed E-state index contributed by atoms with van der Waals surface area (Å²) >= 11 is 0. The monoisotopic (exact) mass is 379 g/mol. The van der Waals surface area contributed by atoms with E-state index < -0.39 is 44.5 Å². The molecule has 1 fully saturated rings. The van der Waals surface area contributed by atoms with E-state index in [1.165, 1.54) is 16.8 Å². The Kier molecular flexibility index (Phi) is 9.79. The first-order chi connectivity index (χ1) is 10.5. The zero-order valence-electron chi connectivity index (χ0n) is 13.7. The molecule has 1 aliphatic rings. The van der Waals surface area contributed by atoms with Gasteiger partial charge in [-0.3, -0.25) is 4.57 Å². The summed E-state index contributed by atoms with van der Waals surface area (Å²) in [6.45, 7) is -0.371. The molecule has 0 unspecified atom stereocenters. The molecule has 0 aromatic carbocycles. The van der Waals surface area contributed by atoms with Crippen LogP contribution in [-0.2, 0) is 15.8 Å². The van der Waals surface area contributed by atoms with Crippen LogP contribution in [0.5, 0.6) is 0 Å². The SMILES string of the molecule is Nc1ccn(C[C@@H]2O[C@H](CO)[C@@H](O)[C@H]2O)c(=O)n1.O=P(O)(O)O.[H-].[Na+]. The van der Waals surface area contributed by atoms with Gasteiger partial charge >= 0.3 is 43.1 Å². The molecular formula is C10H19N3NaO9P. The average Bonchev–Trinajstić information content (AvgIpc) is 2.68. The Morgan fingerprint density at radius 1 is 1.29 bits per heavy atom. The van der Waals surface area contributed by atoms with E-state index in [1.54, 1.807) is 0 Å². The predicted molar refractivity (Wildman–Crippen MR) is 76.0 cm³/mol. The van der Waals surface area contributed by atoms with Crippen LogP contribution in [0.25, 0.3) is 0 Å². The van der Waals surface area contributed by atoms with Crippen LogP contribution in [0.4, 0.5) is 5.82 Å². The van der Waals surface area contributed by atoms with Gasteiger partial charge in [-0.05, 0) is 6.07 Å². The molecule has 14 heteroatoms. The fourth-order valence-corrected chi connectivity index (χ4v) is 1.90. The Morgan fingerprint density at radius 3 is 2.21 bits per heavy atom. The Balaban J connectivity index is 0. The van der Waals surface area contributed by atoms with Crippen molar-refractivity contribution in [3.8, 4) is 0 Å². The van der Waals surface area contributed by atoms with E-state index in [1.807, 2.05) is 0 Å². The molecule has 134 valence electrons. The second-order valence-electron chi connectivity index (χ2n) is 4.68. The van der Waals surface area contributed by atoms with Gasteiger partial charge in [0.2, 0.25) is 0 Å². The van der Waals surface area contributed by atoms with Gasteiger partial charge < -0.3 is 41.9 Å². The number of aliphatic hydroxyl groups excluding tert-OH is 3. The van der Waals surface area contributed by atoms with E-state index in [0.717, 1.165) is 0 Å². The van der Waals surface area contributed by atoms with E-state index in [-0.39, 0.29) is 43.3 Å². The number of nitrogen functional groups attached to an aromatic ring is 1. The van der Waals surface area contributed by atoms with Crippen LogP contribution in [0.15, 0.2) is 17.1 Å². The number of anilines is 1. The van der Waals surface area contributed by atoms with Gasteiger partial charge in [-0.1, -0.05) is 0 Å². The maximum absolute atomic E-state index is 11.5. The molecule has 1 aromatic rings. The van der Waals surface area contributed by atoms with Gasteiger partial charge in [0, 0.05) is 6.20 Å². The molecule has 8 N–H and O–H groups in total. The maximum Gasteiger partial charge on any atom is 1.00 e. The molecule has 0 bridgehead atoms. The number of hydrogen-bond acceptors (Lipinski definition) is 8. The third kappa shape index (κ3) is 7.68. The van der Waals surface area contributed by atoms with Gasteiger partial charge in [-0.2, -0.15) is 4.98 Å². The van der Waals surface area contributed by atoms with E-state index in [0.29, 0.717) is 0 Å². The number of aromatic nitrogens is 2. The molecule has 0 radical (unpaired) electrons. The van der Waals surface area contributed by atoms with Crippen LogP contribution < -0.4 is 41.0 Å². The summed E-state index contributed by atoms with van der Waals surface area (Å²) in [7, 11) is -4.64. The van der Waals surface area contributed by atoms with Crippen LogP contribution in [-0.4, -0.2) is 70.6 Å². The van der Waals surface area contributed by atoms with Crippen molar-refractivity contribution in [2.45, 2.75) is 31.0 Å². The molecule has 0 aliphatic carbocycles. The number of rotatable bonds is 3. The largest absolute Gasteiger partial charge is 1.00 e. The topological polar surface area (TPSA) is 209 Å². The van der Waals surface area contributed by atoms with Crippen molar-refractivity contribution >= 4 is 13.6 Å². The molecule has 0 amide bonds. The first-order valence-electron chi connectivity index (χ1n) is 6.26. The Morgan fingerprint density at radius 2 is 1.79 bits per heavy atom. The van der Waals surface area contributed by atoms with E-state index in [4.69, 9.17) is 34.8 Å². The van der Waals surface area contributed by atoms with Gasteiger partial charge in [0.1, 0.15) is 30.2 Å². The smallest absolute Gasteiger partial charge is 1.00 e. The molecule has 1 aromatic heterocycles. The second-order valence-corrected chi connectivity index (χ2v) is 5.70. The molecule has 2 rings (SSSR count). The van der Waals surface area contributed by atoms with Gasteiger partial charge in [-0.25, -0.2) is 9.36 Å². The van der Waals surface area contributed by atoms with Crippen LogP contribution in [0.2, 0.25) is 0 Å². The van der Waals surface area contributed by atoms with Crippen LogP contribution in [0.1, 0.15) is 1.43 Å². The maximum atomic E-state index is 11.5. The number of phosphoric acid groups is 1. The third-order valence-corrected chi connectivity index (χ3v) is 2.91. The van der Waals surface area contributed by atoms with Crippen molar-refractivity contribution in [1.82, 2.24) is 9.55 Å². The van der Waals surface area contributed by atoms with Crippen molar-refractivity contribution in [2.24, 2.45) is 0 Å². The summed E-state index contributed by atoms with van der Waals surface area (Å²) in [5.41, 5.74) is 4.79. The fourth-order valence-electron chi connectivity index (χ4n) is 1.90. The Bertz CT molecular complexity index is 622. The second kappa shape index (κ2) is 9.94. The number of aliphatic hydroxyl groups is 3. The molecule has 1 saturated heterocycles. The molecular weight excluding hydrogens is 360 g/mol. The van der Waals surface area contributed by atoms with Crippen LogP contribution in [0.3, 0.4) is 0 Å². The molecule has 0 saturated carbocycles. The van der Waals surface area contributed by atoms with Crippen molar-refractivity contribution in [3.05, 3.63) is 22.7 Å². The Labute approximate surface area is 159 Å². The average molecular weight is 379 g/mol. The van der Waals surface area contributed by atoms with Crippen molar-refractivity contribution in [3.63, 3.8) is 0 Å². The van der Waals surface area contributed by atoms with Crippen molar-refractivity contribution in [2.75, 3.05) is 12.3 Å². The van der Waals surface area contributed by atoms with Crippen LogP contribution in [0, 0.1) is 0 Å². The van der Waals surface area contributed by atoms with E-state index >= 15 is 0 Å². The number of ether oxygens (including phenoxy) is 1. The Hall–Kier alpha value is -0.370. The van der Waals surface area contributed by atoms with Gasteiger partial charge in [0.05, 0.1) is 13.2 Å². The first kappa shape index (κ1) is 23.6. The normalized spacial score (nSPS) is 26.2. The molecule has 24 heavy (non-hydrogen) atoms. The zero-order chi connectivity index (χ0) is 17.8. The molecule has 12 nitrogen and oxygen atoms in total. The third-order valence-electron chi connectivity index (χ3n) is 2.91. The number of nitrogens with two attached hydrogens (primary N) is 1. The summed E-state index contributed by atoms with van der Waals surface area (Å²) in [6.07, 6.45) is -2.52. The standard InChI is InChI=1S/C10H15N3O5.Na.H3O4P.H/c11-7-1-2-13(10(17)12-7)3-5-8(15)9(16)6(4-14)18-5;;1-5(2,3)4;/h1-2,5-6,8-9,14-16H,3-4H2,(H2,11,12,17);;(H3,1,2,3,4);/q;+1;;-1/t5-,6+,8-,9+;;;/m0.../s1. The van der Waals surface area contributed by atoms with E-state index in [2.05, 4.69) is 4.98 Å². The summed E-state index contributed by atoms with van der Waals surface area (Å²) < 4.78 is 15.4.